The number of rotatable bonds is 8. The van der Waals surface area contributed by atoms with Crippen molar-refractivity contribution in [3.63, 3.8) is 0 Å². The van der Waals surface area contributed by atoms with Gasteiger partial charge in [0.25, 0.3) is 0 Å². The lowest BCUT2D eigenvalue weighted by molar-refractivity contribution is 0.289. The molecule has 1 saturated carbocycles. The Labute approximate surface area is 129 Å². The fraction of sp³-hybridized carbons (Fsp3) is 0.824. The van der Waals surface area contributed by atoms with Crippen molar-refractivity contribution >= 4 is 0 Å². The standard InChI is InChI=1S/C17H31N3O/c1-4-11-20-17(16(21-3)13-19-20)15(18-5-2)12-14-9-7-6-8-10-14/h13-15,18H,4-12H2,1-3H3. The van der Waals surface area contributed by atoms with Crippen molar-refractivity contribution in [3.8, 4) is 5.75 Å². The molecular weight excluding hydrogens is 262 g/mol. The van der Waals surface area contributed by atoms with Gasteiger partial charge in [0.15, 0.2) is 5.75 Å². The van der Waals surface area contributed by atoms with Crippen LogP contribution in [-0.4, -0.2) is 23.4 Å². The molecule has 0 amide bonds. The Morgan fingerprint density at radius 2 is 2.10 bits per heavy atom. The predicted molar refractivity (Wildman–Crippen MR) is 86.7 cm³/mol. The highest BCUT2D eigenvalue weighted by molar-refractivity contribution is 5.28. The van der Waals surface area contributed by atoms with Gasteiger partial charge in [-0.25, -0.2) is 0 Å². The van der Waals surface area contributed by atoms with Crippen molar-refractivity contribution in [3.05, 3.63) is 11.9 Å². The number of aryl methyl sites for hydroxylation is 1. The van der Waals surface area contributed by atoms with Crippen LogP contribution in [0.4, 0.5) is 0 Å². The van der Waals surface area contributed by atoms with Gasteiger partial charge in [-0.05, 0) is 25.3 Å². The van der Waals surface area contributed by atoms with Crippen LogP contribution in [0.2, 0.25) is 0 Å². The van der Waals surface area contributed by atoms with Crippen LogP contribution in [0.15, 0.2) is 6.20 Å². The lowest BCUT2D eigenvalue weighted by Crippen LogP contribution is -2.27. The van der Waals surface area contributed by atoms with E-state index in [1.165, 1.54) is 44.2 Å². The molecule has 0 radical (unpaired) electrons. The van der Waals surface area contributed by atoms with Gasteiger partial charge in [0, 0.05) is 6.54 Å². The minimum atomic E-state index is 0.363. The molecule has 1 aliphatic carbocycles. The average Bonchev–Trinajstić information content (AvgIpc) is 2.91. The van der Waals surface area contributed by atoms with Gasteiger partial charge in [-0.1, -0.05) is 46.0 Å². The topological polar surface area (TPSA) is 39.1 Å². The second-order valence-corrected chi connectivity index (χ2v) is 6.17. The first-order valence-electron chi connectivity index (χ1n) is 8.63. The zero-order chi connectivity index (χ0) is 15.1. The summed E-state index contributed by atoms with van der Waals surface area (Å²) in [6, 6.07) is 0.363. The minimum absolute atomic E-state index is 0.363. The van der Waals surface area contributed by atoms with E-state index in [1.807, 2.05) is 6.20 Å². The molecule has 1 atom stereocenters. The number of nitrogens with one attached hydrogen (secondary N) is 1. The lowest BCUT2D eigenvalue weighted by atomic mass is 9.84. The van der Waals surface area contributed by atoms with E-state index in [-0.39, 0.29) is 0 Å². The third-order valence-electron chi connectivity index (χ3n) is 4.57. The fourth-order valence-electron chi connectivity index (χ4n) is 3.57. The van der Waals surface area contributed by atoms with Gasteiger partial charge in [-0.2, -0.15) is 5.10 Å². The first-order chi connectivity index (χ1) is 10.3. The fourth-order valence-corrected chi connectivity index (χ4v) is 3.57. The predicted octanol–water partition coefficient (Wildman–Crippen LogP) is 3.92. The van der Waals surface area contributed by atoms with Crippen LogP contribution in [0.3, 0.4) is 0 Å². The molecule has 0 aromatic carbocycles. The van der Waals surface area contributed by atoms with E-state index in [0.29, 0.717) is 6.04 Å². The Hall–Kier alpha value is -1.03. The number of aromatic nitrogens is 2. The molecule has 2 rings (SSSR count). The summed E-state index contributed by atoms with van der Waals surface area (Å²) in [6.07, 6.45) is 11.2. The molecule has 120 valence electrons. The first-order valence-corrected chi connectivity index (χ1v) is 8.63. The molecular formula is C17H31N3O. The summed E-state index contributed by atoms with van der Waals surface area (Å²) < 4.78 is 7.70. The van der Waals surface area contributed by atoms with Gasteiger partial charge in [0.2, 0.25) is 0 Å². The second kappa shape index (κ2) is 8.42. The molecule has 0 spiro atoms. The Bertz CT molecular complexity index is 410. The van der Waals surface area contributed by atoms with Gasteiger partial charge in [0.1, 0.15) is 0 Å². The van der Waals surface area contributed by atoms with Crippen LogP contribution >= 0.6 is 0 Å². The molecule has 1 fully saturated rings. The van der Waals surface area contributed by atoms with Gasteiger partial charge in [0.05, 0.1) is 25.0 Å². The molecule has 1 aliphatic rings. The summed E-state index contributed by atoms with van der Waals surface area (Å²) in [4.78, 5) is 0. The molecule has 0 bridgehead atoms. The summed E-state index contributed by atoms with van der Waals surface area (Å²) in [5, 5.41) is 8.19. The van der Waals surface area contributed by atoms with Crippen molar-refractivity contribution < 1.29 is 4.74 Å². The molecule has 1 N–H and O–H groups in total. The van der Waals surface area contributed by atoms with Crippen molar-refractivity contribution in [1.82, 2.24) is 15.1 Å². The molecule has 0 saturated heterocycles. The van der Waals surface area contributed by atoms with Crippen LogP contribution in [0.25, 0.3) is 0 Å². The van der Waals surface area contributed by atoms with Crippen molar-refractivity contribution in [2.45, 2.75) is 71.4 Å². The van der Waals surface area contributed by atoms with Crippen LogP contribution in [-0.2, 0) is 6.54 Å². The first kappa shape index (κ1) is 16.3. The zero-order valence-electron chi connectivity index (χ0n) is 13.9. The Kier molecular flexibility index (Phi) is 6.55. The Balaban J connectivity index is 2.17. The number of hydrogen-bond donors (Lipinski definition) is 1. The van der Waals surface area contributed by atoms with Gasteiger partial charge in [-0.3, -0.25) is 4.68 Å². The van der Waals surface area contributed by atoms with E-state index in [9.17, 15) is 0 Å². The normalized spacial score (nSPS) is 17.9. The van der Waals surface area contributed by atoms with Crippen LogP contribution in [0.1, 0.15) is 70.5 Å². The molecule has 1 aromatic rings. The smallest absolute Gasteiger partial charge is 0.161 e. The number of methoxy groups -OCH3 is 1. The number of ether oxygens (including phenoxy) is 1. The van der Waals surface area contributed by atoms with Crippen LogP contribution in [0.5, 0.6) is 5.75 Å². The molecule has 1 aromatic heterocycles. The maximum Gasteiger partial charge on any atom is 0.161 e. The highest BCUT2D eigenvalue weighted by Gasteiger charge is 2.25. The van der Waals surface area contributed by atoms with E-state index in [4.69, 9.17) is 4.74 Å². The summed E-state index contributed by atoms with van der Waals surface area (Å²) in [6.45, 7) is 6.32. The summed E-state index contributed by atoms with van der Waals surface area (Å²) >= 11 is 0. The largest absolute Gasteiger partial charge is 0.493 e. The number of nitrogens with zero attached hydrogens (tertiary/aromatic N) is 2. The van der Waals surface area contributed by atoms with Gasteiger partial charge in [-0.15, -0.1) is 0 Å². The second-order valence-electron chi connectivity index (χ2n) is 6.17. The molecule has 21 heavy (non-hydrogen) atoms. The summed E-state index contributed by atoms with van der Waals surface area (Å²) in [5.41, 5.74) is 1.24. The van der Waals surface area contributed by atoms with Crippen molar-refractivity contribution in [2.24, 2.45) is 5.92 Å². The van der Waals surface area contributed by atoms with E-state index >= 15 is 0 Å². The average molecular weight is 293 g/mol. The number of hydrogen-bond acceptors (Lipinski definition) is 3. The SMILES string of the molecule is CCCn1ncc(OC)c1C(CC1CCCCC1)NCC. The maximum atomic E-state index is 5.57. The van der Waals surface area contributed by atoms with Gasteiger partial charge >= 0.3 is 0 Å². The van der Waals surface area contributed by atoms with Crippen LogP contribution in [0, 0.1) is 5.92 Å². The highest BCUT2D eigenvalue weighted by Crippen LogP contribution is 2.35. The van der Waals surface area contributed by atoms with E-state index in [2.05, 4.69) is 28.9 Å². The quantitative estimate of drug-likeness (QED) is 0.789. The lowest BCUT2D eigenvalue weighted by Gasteiger charge is -2.28. The third-order valence-corrected chi connectivity index (χ3v) is 4.57. The summed E-state index contributed by atoms with van der Waals surface area (Å²) in [7, 11) is 1.75. The molecule has 1 heterocycles. The minimum Gasteiger partial charge on any atom is -0.493 e. The van der Waals surface area contributed by atoms with E-state index in [0.717, 1.165) is 31.2 Å². The molecule has 4 nitrogen and oxygen atoms in total. The maximum absolute atomic E-state index is 5.57. The van der Waals surface area contributed by atoms with Crippen molar-refractivity contribution in [2.75, 3.05) is 13.7 Å². The van der Waals surface area contributed by atoms with Crippen molar-refractivity contribution in [1.29, 1.82) is 0 Å². The highest BCUT2D eigenvalue weighted by atomic mass is 16.5. The van der Waals surface area contributed by atoms with Crippen LogP contribution < -0.4 is 10.1 Å². The van der Waals surface area contributed by atoms with E-state index in [1.54, 1.807) is 7.11 Å². The molecule has 4 heteroatoms. The Morgan fingerprint density at radius 3 is 2.71 bits per heavy atom. The van der Waals surface area contributed by atoms with Gasteiger partial charge < -0.3 is 10.1 Å². The van der Waals surface area contributed by atoms with E-state index < -0.39 is 0 Å². The molecule has 1 unspecified atom stereocenters. The monoisotopic (exact) mass is 293 g/mol. The Morgan fingerprint density at radius 1 is 1.33 bits per heavy atom. The zero-order valence-corrected chi connectivity index (χ0v) is 13.9. The third kappa shape index (κ3) is 4.22. The molecule has 0 aliphatic heterocycles. The summed E-state index contributed by atoms with van der Waals surface area (Å²) in [5.74, 6) is 1.78.